The lowest BCUT2D eigenvalue weighted by Crippen LogP contribution is -1.85. The van der Waals surface area contributed by atoms with Crippen LogP contribution in [0.4, 0.5) is 0 Å². The van der Waals surface area contributed by atoms with Crippen LogP contribution in [-0.4, -0.2) is 20.3 Å². The Labute approximate surface area is 143 Å². The molecule has 5 heteroatoms. The summed E-state index contributed by atoms with van der Waals surface area (Å²) in [4.78, 5) is 7.95. The fourth-order valence-corrected chi connectivity index (χ4v) is 3.77. The third kappa shape index (κ3) is 2.52. The van der Waals surface area contributed by atoms with Crippen molar-refractivity contribution >= 4 is 45.3 Å². The normalized spacial score (nSPS) is 11.6. The molecule has 0 radical (unpaired) electrons. The SMILES string of the molecule is CCSc1nc2cc(-c3ccc4c(ccn4C)c3)c(Cl)cc2[nH]1. The number of benzene rings is 2. The fourth-order valence-electron chi connectivity index (χ4n) is 2.88. The third-order valence-electron chi connectivity index (χ3n) is 4.03. The molecule has 0 amide bonds. The molecule has 0 spiro atoms. The van der Waals surface area contributed by atoms with Crippen molar-refractivity contribution in [3.8, 4) is 11.1 Å². The molecule has 0 saturated heterocycles. The number of nitrogens with zero attached hydrogens (tertiary/aromatic N) is 2. The predicted molar refractivity (Wildman–Crippen MR) is 99.4 cm³/mol. The van der Waals surface area contributed by atoms with Gasteiger partial charge in [0.2, 0.25) is 0 Å². The number of hydrogen-bond donors (Lipinski definition) is 1. The number of aryl methyl sites for hydroxylation is 1. The van der Waals surface area contributed by atoms with Gasteiger partial charge >= 0.3 is 0 Å². The van der Waals surface area contributed by atoms with Gasteiger partial charge in [0.25, 0.3) is 0 Å². The highest BCUT2D eigenvalue weighted by atomic mass is 35.5. The number of hydrogen-bond acceptors (Lipinski definition) is 2. The first kappa shape index (κ1) is 14.7. The molecule has 0 atom stereocenters. The van der Waals surface area contributed by atoms with Crippen molar-refractivity contribution in [1.82, 2.24) is 14.5 Å². The smallest absolute Gasteiger partial charge is 0.166 e. The molecule has 23 heavy (non-hydrogen) atoms. The maximum atomic E-state index is 6.52. The molecule has 0 aliphatic rings. The molecule has 3 nitrogen and oxygen atoms in total. The van der Waals surface area contributed by atoms with E-state index in [0.717, 1.165) is 38.1 Å². The van der Waals surface area contributed by atoms with Crippen LogP contribution in [0.15, 0.2) is 47.8 Å². The summed E-state index contributed by atoms with van der Waals surface area (Å²) in [5, 5.41) is 2.89. The van der Waals surface area contributed by atoms with Gasteiger partial charge in [-0.05, 0) is 41.6 Å². The largest absolute Gasteiger partial charge is 0.351 e. The van der Waals surface area contributed by atoms with Crippen molar-refractivity contribution in [3.05, 3.63) is 47.6 Å². The summed E-state index contributed by atoms with van der Waals surface area (Å²) in [7, 11) is 2.05. The first-order valence-electron chi connectivity index (χ1n) is 7.53. The van der Waals surface area contributed by atoms with E-state index in [0.29, 0.717) is 0 Å². The van der Waals surface area contributed by atoms with E-state index in [4.69, 9.17) is 11.6 Å². The Bertz CT molecular complexity index is 1020. The van der Waals surface area contributed by atoms with Gasteiger partial charge in [0.05, 0.1) is 16.1 Å². The summed E-state index contributed by atoms with van der Waals surface area (Å²) >= 11 is 8.22. The van der Waals surface area contributed by atoms with Crippen molar-refractivity contribution in [2.75, 3.05) is 5.75 Å². The first-order chi connectivity index (χ1) is 11.2. The zero-order valence-electron chi connectivity index (χ0n) is 12.9. The zero-order chi connectivity index (χ0) is 16.0. The lowest BCUT2D eigenvalue weighted by Gasteiger charge is -2.06. The van der Waals surface area contributed by atoms with Crippen LogP contribution in [0.3, 0.4) is 0 Å². The van der Waals surface area contributed by atoms with Gasteiger partial charge in [-0.1, -0.05) is 36.4 Å². The monoisotopic (exact) mass is 341 g/mol. The topological polar surface area (TPSA) is 33.6 Å². The van der Waals surface area contributed by atoms with Gasteiger partial charge in [0, 0.05) is 29.7 Å². The molecule has 2 aromatic carbocycles. The van der Waals surface area contributed by atoms with E-state index in [1.807, 2.05) is 6.07 Å². The maximum Gasteiger partial charge on any atom is 0.166 e. The second kappa shape index (κ2) is 5.62. The molecule has 1 N–H and O–H groups in total. The van der Waals surface area contributed by atoms with E-state index in [2.05, 4.69) is 65.0 Å². The van der Waals surface area contributed by atoms with Gasteiger partial charge in [0.1, 0.15) is 0 Å². The zero-order valence-corrected chi connectivity index (χ0v) is 14.5. The molecule has 0 saturated carbocycles. The molecule has 4 aromatic rings. The molecule has 0 aliphatic carbocycles. The van der Waals surface area contributed by atoms with Crippen molar-refractivity contribution < 1.29 is 0 Å². The number of halogens is 1. The minimum Gasteiger partial charge on any atom is -0.351 e. The van der Waals surface area contributed by atoms with Gasteiger partial charge in [-0.25, -0.2) is 4.98 Å². The van der Waals surface area contributed by atoms with Crippen LogP contribution >= 0.6 is 23.4 Å². The summed E-state index contributed by atoms with van der Waals surface area (Å²) in [6, 6.07) is 12.6. The molecule has 116 valence electrons. The summed E-state index contributed by atoms with van der Waals surface area (Å²) in [6.45, 7) is 2.12. The Morgan fingerprint density at radius 2 is 2.09 bits per heavy atom. The minimum absolute atomic E-state index is 0.740. The Kier molecular flexibility index (Phi) is 3.58. The van der Waals surface area contributed by atoms with Crippen LogP contribution in [0.25, 0.3) is 33.1 Å². The van der Waals surface area contributed by atoms with Crippen LogP contribution in [0.1, 0.15) is 6.92 Å². The Morgan fingerprint density at radius 1 is 1.22 bits per heavy atom. The summed E-state index contributed by atoms with van der Waals surface area (Å²) in [5.41, 5.74) is 5.28. The number of rotatable bonds is 3. The Morgan fingerprint density at radius 3 is 2.91 bits per heavy atom. The summed E-state index contributed by atoms with van der Waals surface area (Å²) in [5.74, 6) is 0.991. The van der Waals surface area contributed by atoms with Gasteiger partial charge in [-0.3, -0.25) is 0 Å². The molecule has 0 unspecified atom stereocenters. The molecule has 4 rings (SSSR count). The third-order valence-corrected chi connectivity index (χ3v) is 5.09. The fraction of sp³-hybridized carbons (Fsp3) is 0.167. The maximum absolute atomic E-state index is 6.52. The van der Waals surface area contributed by atoms with Crippen LogP contribution in [0.2, 0.25) is 5.02 Å². The molecule has 0 bridgehead atoms. The van der Waals surface area contributed by atoms with Gasteiger partial charge < -0.3 is 9.55 Å². The second-order valence-corrected chi connectivity index (χ2v) is 7.18. The molecule has 2 heterocycles. The van der Waals surface area contributed by atoms with Crippen LogP contribution in [-0.2, 0) is 7.05 Å². The lowest BCUT2D eigenvalue weighted by molar-refractivity contribution is 0.969. The van der Waals surface area contributed by atoms with E-state index in [9.17, 15) is 0 Å². The first-order valence-corrected chi connectivity index (χ1v) is 8.89. The minimum atomic E-state index is 0.740. The van der Waals surface area contributed by atoms with Crippen molar-refractivity contribution in [2.24, 2.45) is 7.05 Å². The molecule has 0 fully saturated rings. The van der Waals surface area contributed by atoms with Gasteiger partial charge in [-0.15, -0.1) is 0 Å². The molecular formula is C18H16ClN3S. The Balaban J connectivity index is 1.86. The number of aromatic nitrogens is 3. The number of thioether (sulfide) groups is 1. The van der Waals surface area contributed by atoms with Crippen molar-refractivity contribution in [1.29, 1.82) is 0 Å². The number of imidazole rings is 1. The highest BCUT2D eigenvalue weighted by Gasteiger charge is 2.10. The average molecular weight is 342 g/mol. The van der Waals surface area contributed by atoms with Gasteiger partial charge in [-0.2, -0.15) is 0 Å². The Hall–Kier alpha value is -1.91. The number of aromatic amines is 1. The molecule has 2 aromatic heterocycles. The predicted octanol–water partition coefficient (Wildman–Crippen LogP) is 5.49. The van der Waals surface area contributed by atoms with E-state index in [1.54, 1.807) is 11.8 Å². The van der Waals surface area contributed by atoms with Crippen molar-refractivity contribution in [3.63, 3.8) is 0 Å². The van der Waals surface area contributed by atoms with E-state index >= 15 is 0 Å². The second-order valence-electron chi connectivity index (χ2n) is 5.52. The average Bonchev–Trinajstić information content (AvgIpc) is 3.09. The highest BCUT2D eigenvalue weighted by molar-refractivity contribution is 7.99. The van der Waals surface area contributed by atoms with Crippen LogP contribution in [0.5, 0.6) is 0 Å². The quantitative estimate of drug-likeness (QED) is 0.500. The van der Waals surface area contributed by atoms with Crippen molar-refractivity contribution in [2.45, 2.75) is 12.1 Å². The number of fused-ring (bicyclic) bond motifs is 2. The van der Waals surface area contributed by atoms with E-state index in [-0.39, 0.29) is 0 Å². The van der Waals surface area contributed by atoms with Crippen LogP contribution in [0, 0.1) is 0 Å². The molecule has 0 aliphatic heterocycles. The van der Waals surface area contributed by atoms with E-state index < -0.39 is 0 Å². The standard InChI is InChI=1S/C18H16ClN3S/c1-3-23-18-20-15-9-13(14(19)10-16(15)21-18)11-4-5-17-12(8-11)6-7-22(17)2/h4-10H,3H2,1-2H3,(H,20,21). The summed E-state index contributed by atoms with van der Waals surface area (Å²) in [6.07, 6.45) is 2.07. The summed E-state index contributed by atoms with van der Waals surface area (Å²) < 4.78 is 2.12. The number of H-pyrrole nitrogens is 1. The van der Waals surface area contributed by atoms with Gasteiger partial charge in [0.15, 0.2) is 5.16 Å². The highest BCUT2D eigenvalue weighted by Crippen LogP contribution is 2.34. The number of nitrogens with one attached hydrogen (secondary N) is 1. The molecular weight excluding hydrogens is 326 g/mol. The van der Waals surface area contributed by atoms with Crippen LogP contribution < -0.4 is 0 Å². The van der Waals surface area contributed by atoms with E-state index in [1.165, 1.54) is 10.9 Å². The lowest BCUT2D eigenvalue weighted by atomic mass is 10.0.